The fourth-order valence-corrected chi connectivity index (χ4v) is 7.59. The number of rotatable bonds is 6. The summed E-state index contributed by atoms with van der Waals surface area (Å²) in [6.07, 6.45) is 4.80. The summed E-state index contributed by atoms with van der Waals surface area (Å²) >= 11 is 0. The van der Waals surface area contributed by atoms with Crippen LogP contribution in [0.2, 0.25) is 0 Å². The summed E-state index contributed by atoms with van der Waals surface area (Å²) in [5, 5.41) is 12.7. The van der Waals surface area contributed by atoms with Crippen LogP contribution in [0.1, 0.15) is 76.5 Å². The summed E-state index contributed by atoms with van der Waals surface area (Å²) in [5.74, 6) is 0.818. The van der Waals surface area contributed by atoms with Crippen LogP contribution in [0.4, 0.5) is 5.69 Å². The molecule has 1 aliphatic heterocycles. The van der Waals surface area contributed by atoms with Crippen LogP contribution in [0.3, 0.4) is 0 Å². The van der Waals surface area contributed by atoms with Gasteiger partial charge in [0.05, 0.1) is 17.6 Å². The van der Waals surface area contributed by atoms with E-state index in [0.29, 0.717) is 43.3 Å². The number of carbonyl (C=O) groups excluding carboxylic acids is 1. The largest absolute Gasteiger partial charge is 0.440 e. The molecule has 1 amide bonds. The van der Waals surface area contributed by atoms with Crippen LogP contribution < -0.4 is 10.2 Å². The second-order valence-corrected chi connectivity index (χ2v) is 15.7. The van der Waals surface area contributed by atoms with Crippen molar-refractivity contribution < 1.29 is 17.6 Å². The molecule has 3 aliphatic rings. The first kappa shape index (κ1) is 29.4. The monoisotopic (exact) mass is 600 g/mol. The Balaban J connectivity index is 1.43. The van der Waals surface area contributed by atoms with Crippen molar-refractivity contribution in [2.24, 2.45) is 5.92 Å². The molecule has 0 bridgehead atoms. The summed E-state index contributed by atoms with van der Waals surface area (Å²) in [6, 6.07) is 18.5. The second-order valence-electron chi connectivity index (χ2n) is 13.4. The minimum atomic E-state index is -3.04. The highest BCUT2D eigenvalue weighted by molar-refractivity contribution is 7.91. The number of nitriles is 1. The van der Waals surface area contributed by atoms with Crippen LogP contribution in [0.5, 0.6) is 0 Å². The average molecular weight is 601 g/mol. The summed E-state index contributed by atoms with van der Waals surface area (Å²) < 4.78 is 31.1. The lowest BCUT2D eigenvalue weighted by Crippen LogP contribution is -2.42. The van der Waals surface area contributed by atoms with E-state index in [1.54, 1.807) is 0 Å². The van der Waals surface area contributed by atoms with E-state index in [1.165, 1.54) is 5.56 Å². The molecule has 0 unspecified atom stereocenters. The zero-order valence-corrected chi connectivity index (χ0v) is 26.0. The van der Waals surface area contributed by atoms with Gasteiger partial charge < -0.3 is 14.6 Å². The van der Waals surface area contributed by atoms with Crippen molar-refractivity contribution in [1.29, 1.82) is 5.26 Å². The molecule has 8 nitrogen and oxygen atoms in total. The molecular formula is C34H40N4O4S. The highest BCUT2D eigenvalue weighted by Crippen LogP contribution is 2.46. The van der Waals surface area contributed by atoms with Gasteiger partial charge in [-0.25, -0.2) is 13.4 Å². The molecule has 2 aliphatic carbocycles. The van der Waals surface area contributed by atoms with Gasteiger partial charge in [0.25, 0.3) is 0 Å². The fraction of sp³-hybridized carbons (Fsp3) is 0.500. The Bertz CT molecular complexity index is 1650. The van der Waals surface area contributed by atoms with Crippen LogP contribution in [0.25, 0.3) is 22.7 Å². The van der Waals surface area contributed by atoms with Crippen molar-refractivity contribution in [2.75, 3.05) is 29.5 Å². The van der Waals surface area contributed by atoms with E-state index < -0.39 is 15.4 Å². The lowest BCUT2D eigenvalue weighted by atomic mass is 9.76. The Morgan fingerprint density at radius 1 is 1.05 bits per heavy atom. The first-order valence-corrected chi connectivity index (χ1v) is 17.2. The van der Waals surface area contributed by atoms with Crippen LogP contribution in [0.15, 0.2) is 52.9 Å². The van der Waals surface area contributed by atoms with Crippen molar-refractivity contribution in [2.45, 2.75) is 76.2 Å². The number of hydrogen-bond donors (Lipinski definition) is 1. The van der Waals surface area contributed by atoms with E-state index in [0.717, 1.165) is 42.5 Å². The molecule has 2 atom stereocenters. The zero-order valence-electron chi connectivity index (χ0n) is 25.2. The average Bonchev–Trinajstić information content (AvgIpc) is 3.63. The highest BCUT2D eigenvalue weighted by Gasteiger charge is 2.47. The van der Waals surface area contributed by atoms with Crippen molar-refractivity contribution in [3.63, 3.8) is 0 Å². The van der Waals surface area contributed by atoms with Crippen molar-refractivity contribution in [1.82, 2.24) is 10.3 Å². The maximum Gasteiger partial charge on any atom is 0.226 e. The minimum Gasteiger partial charge on any atom is -0.440 e. The molecule has 9 heteroatoms. The van der Waals surface area contributed by atoms with E-state index >= 15 is 0 Å². The number of oxazole rings is 1. The van der Waals surface area contributed by atoms with Gasteiger partial charge in [-0.3, -0.25) is 4.79 Å². The van der Waals surface area contributed by atoms with Gasteiger partial charge in [0.15, 0.2) is 9.84 Å². The molecule has 0 radical (unpaired) electrons. The van der Waals surface area contributed by atoms with Gasteiger partial charge >= 0.3 is 0 Å². The second kappa shape index (κ2) is 11.1. The first-order chi connectivity index (χ1) is 20.5. The molecule has 1 saturated heterocycles. The first-order valence-electron chi connectivity index (χ1n) is 15.4. The number of para-hydroxylation sites is 1. The number of carbonyl (C=O) groups is 1. The number of nitrogens with zero attached hydrogens (tertiary/aromatic N) is 3. The van der Waals surface area contributed by atoms with Crippen molar-refractivity contribution >= 4 is 21.4 Å². The predicted octanol–water partition coefficient (Wildman–Crippen LogP) is 5.99. The predicted molar refractivity (Wildman–Crippen MR) is 167 cm³/mol. The molecule has 3 fully saturated rings. The minimum absolute atomic E-state index is 0.0112. The lowest BCUT2D eigenvalue weighted by molar-refractivity contribution is -0.127. The third-order valence-electron chi connectivity index (χ3n) is 9.26. The SMILES string of the molecule is CC(C)(C)c1ccc(-c2nc(-c3ccccc3N3CCS(=O)(=O)CC3)c([C@@H]3CCCC[C@H]3C(=O)NC3(C#N)CC3)o2)cc1. The summed E-state index contributed by atoms with van der Waals surface area (Å²) in [6.45, 7) is 7.37. The van der Waals surface area contributed by atoms with Gasteiger partial charge in [-0.05, 0) is 54.9 Å². The van der Waals surface area contributed by atoms with Gasteiger partial charge in [0.1, 0.15) is 17.0 Å². The molecule has 0 spiro atoms. The Kier molecular flexibility index (Phi) is 7.62. The molecule has 43 heavy (non-hydrogen) atoms. The molecule has 3 aromatic rings. The lowest BCUT2D eigenvalue weighted by Gasteiger charge is -2.32. The molecular weight excluding hydrogens is 560 g/mol. The summed E-state index contributed by atoms with van der Waals surface area (Å²) in [7, 11) is -3.04. The van der Waals surface area contributed by atoms with E-state index in [2.05, 4.69) is 49.2 Å². The summed E-state index contributed by atoms with van der Waals surface area (Å²) in [4.78, 5) is 20.9. The Morgan fingerprint density at radius 3 is 2.37 bits per heavy atom. The number of sulfone groups is 1. The van der Waals surface area contributed by atoms with Gasteiger partial charge in [-0.2, -0.15) is 5.26 Å². The molecule has 226 valence electrons. The molecule has 2 saturated carbocycles. The van der Waals surface area contributed by atoms with E-state index in [-0.39, 0.29) is 34.7 Å². The molecule has 1 aromatic heterocycles. The quantitative estimate of drug-likeness (QED) is 0.370. The maximum absolute atomic E-state index is 13.6. The standard InChI is InChI=1S/C34H40N4O4S/c1-33(2,3)24-14-12-23(13-15-24)32-36-29(27-10-6-7-11-28(27)38-18-20-43(40,41)21-19-38)30(42-32)25-8-4-5-9-26(25)31(39)37-34(22-35)16-17-34/h6-7,10-15,25-26H,4-5,8-9,16-21H2,1-3H3,(H,37,39)/t25-,26-/m1/s1. The van der Waals surface area contributed by atoms with Gasteiger partial charge in [-0.1, -0.05) is 63.9 Å². The normalized spacial score (nSPS) is 22.9. The van der Waals surface area contributed by atoms with E-state index in [1.807, 2.05) is 36.4 Å². The van der Waals surface area contributed by atoms with Crippen LogP contribution in [-0.2, 0) is 20.0 Å². The number of benzene rings is 2. The Hall–Kier alpha value is -3.64. The molecule has 2 aromatic carbocycles. The van der Waals surface area contributed by atoms with Gasteiger partial charge in [0, 0.05) is 41.7 Å². The van der Waals surface area contributed by atoms with E-state index in [9.17, 15) is 18.5 Å². The van der Waals surface area contributed by atoms with Crippen molar-refractivity contribution in [3.8, 4) is 28.8 Å². The topological polar surface area (TPSA) is 116 Å². The smallest absolute Gasteiger partial charge is 0.226 e. The third-order valence-corrected chi connectivity index (χ3v) is 10.9. The number of anilines is 1. The Morgan fingerprint density at radius 2 is 1.72 bits per heavy atom. The third kappa shape index (κ3) is 6.08. The van der Waals surface area contributed by atoms with Crippen LogP contribution >= 0.6 is 0 Å². The number of aromatic nitrogens is 1. The van der Waals surface area contributed by atoms with Crippen LogP contribution in [-0.4, -0.2) is 49.4 Å². The highest BCUT2D eigenvalue weighted by atomic mass is 32.2. The van der Waals surface area contributed by atoms with Gasteiger partial charge in [-0.15, -0.1) is 0 Å². The number of hydrogen-bond acceptors (Lipinski definition) is 7. The maximum atomic E-state index is 13.6. The Labute approximate surface area is 254 Å². The summed E-state index contributed by atoms with van der Waals surface area (Å²) in [5.41, 5.74) is 3.84. The van der Waals surface area contributed by atoms with Gasteiger partial charge in [0.2, 0.25) is 11.8 Å². The number of amides is 1. The van der Waals surface area contributed by atoms with Crippen LogP contribution in [0, 0.1) is 17.2 Å². The number of nitrogens with one attached hydrogen (secondary N) is 1. The van der Waals surface area contributed by atoms with E-state index in [4.69, 9.17) is 9.40 Å². The fourth-order valence-electron chi connectivity index (χ4n) is 6.39. The molecule has 2 heterocycles. The molecule has 6 rings (SSSR count). The van der Waals surface area contributed by atoms with Crippen molar-refractivity contribution in [3.05, 3.63) is 59.9 Å². The molecule has 1 N–H and O–H groups in total. The zero-order chi connectivity index (χ0) is 30.4.